The number of hydrogen-bond acceptors (Lipinski definition) is 6. The van der Waals surface area contributed by atoms with E-state index in [2.05, 4.69) is 62.5 Å². The number of allylic oxidation sites excluding steroid dienone is 8. The molecule has 0 aromatic carbocycles. The Balaban J connectivity index is 3.55. The van der Waals surface area contributed by atoms with E-state index in [1.54, 1.807) is 0 Å². The van der Waals surface area contributed by atoms with Crippen LogP contribution in [0.5, 0.6) is 0 Å². The van der Waals surface area contributed by atoms with Crippen molar-refractivity contribution in [1.82, 2.24) is 0 Å². The molecule has 0 heterocycles. The summed E-state index contributed by atoms with van der Waals surface area (Å²) >= 11 is 0. The van der Waals surface area contributed by atoms with Gasteiger partial charge < -0.3 is 19.7 Å². The van der Waals surface area contributed by atoms with Gasteiger partial charge in [0.2, 0.25) is 0 Å². The summed E-state index contributed by atoms with van der Waals surface area (Å²) in [6.07, 6.45) is 40.1. The monoisotopic (exact) mass is 661 g/mol. The molecule has 0 aromatic heterocycles. The highest BCUT2D eigenvalue weighted by Gasteiger charge is 2.12. The summed E-state index contributed by atoms with van der Waals surface area (Å²) in [5.74, 6) is 0.190. The van der Waals surface area contributed by atoms with Crippen LogP contribution in [0.1, 0.15) is 168 Å². The Morgan fingerprint density at radius 2 is 0.872 bits per heavy atom. The Morgan fingerprint density at radius 3 is 1.32 bits per heavy atom. The summed E-state index contributed by atoms with van der Waals surface area (Å²) in [6, 6.07) is 0. The zero-order valence-corrected chi connectivity index (χ0v) is 30.6. The smallest absolute Gasteiger partial charge is 0.305 e. The first-order chi connectivity index (χ1) is 22.8. The van der Waals surface area contributed by atoms with Crippen LogP contribution < -0.4 is 0 Å². The van der Waals surface area contributed by atoms with E-state index in [1.807, 2.05) is 6.92 Å². The number of aliphatic hydroxyl groups is 2. The van der Waals surface area contributed by atoms with Gasteiger partial charge in [-0.05, 0) is 70.6 Å². The topological polar surface area (TPSA) is 93.1 Å². The molecule has 0 radical (unpaired) electrons. The fraction of sp³-hybridized carbons (Fsp3) is 0.756. The van der Waals surface area contributed by atoms with Gasteiger partial charge in [0.05, 0.1) is 6.10 Å². The van der Waals surface area contributed by atoms with Crippen LogP contribution in [-0.2, 0) is 19.1 Å². The Kier molecular flexibility index (Phi) is 33.5. The van der Waals surface area contributed by atoms with Gasteiger partial charge in [0.1, 0.15) is 19.3 Å². The molecule has 47 heavy (non-hydrogen) atoms. The molecule has 272 valence electrons. The first-order valence-corrected chi connectivity index (χ1v) is 19.1. The highest BCUT2D eigenvalue weighted by molar-refractivity contribution is 5.69. The van der Waals surface area contributed by atoms with Crippen molar-refractivity contribution in [2.75, 3.05) is 13.2 Å². The molecule has 0 fully saturated rings. The van der Waals surface area contributed by atoms with E-state index in [1.165, 1.54) is 64.2 Å². The Hall–Kier alpha value is -2.18. The van der Waals surface area contributed by atoms with Crippen molar-refractivity contribution in [3.05, 3.63) is 48.6 Å². The zero-order valence-electron chi connectivity index (χ0n) is 30.6. The van der Waals surface area contributed by atoms with Crippen LogP contribution in [-0.4, -0.2) is 47.6 Å². The summed E-state index contributed by atoms with van der Waals surface area (Å²) in [5.41, 5.74) is 0. The first kappa shape index (κ1) is 44.8. The van der Waals surface area contributed by atoms with Crippen LogP contribution in [0.15, 0.2) is 48.6 Å². The predicted octanol–water partition coefficient (Wildman–Crippen LogP) is 10.7. The summed E-state index contributed by atoms with van der Waals surface area (Å²) in [4.78, 5) is 23.9. The standard InChI is InChI=1S/C41H72O6/c1-37(2)31-27-23-19-15-11-9-10-14-18-22-26-30-34-41(45)47-36-39(43)35-46-40(44)33-29-25-21-17-13-8-6-4-5-7-12-16-20-24-28-32-38(3)42/h5-8,16-17,20-21,37-39,42-43H,4,9-15,18-19,22-36H2,1-3H3/b7-5-,8-6-,20-16-,21-17-/t38-,39+/m1/s1. The molecule has 6 nitrogen and oxygen atoms in total. The van der Waals surface area contributed by atoms with E-state index in [0.717, 1.165) is 70.1 Å². The van der Waals surface area contributed by atoms with Gasteiger partial charge in [0.25, 0.3) is 0 Å². The van der Waals surface area contributed by atoms with Gasteiger partial charge in [-0.3, -0.25) is 9.59 Å². The number of rotatable bonds is 33. The lowest BCUT2D eigenvalue weighted by Crippen LogP contribution is -2.25. The van der Waals surface area contributed by atoms with E-state index in [9.17, 15) is 19.8 Å². The number of ether oxygens (including phenoxy) is 2. The molecule has 0 saturated heterocycles. The van der Waals surface area contributed by atoms with Gasteiger partial charge in [0, 0.05) is 12.8 Å². The molecule has 0 spiro atoms. The summed E-state index contributed by atoms with van der Waals surface area (Å²) < 4.78 is 10.3. The Labute approximate surface area is 289 Å². The molecule has 0 aliphatic rings. The molecule has 0 bridgehead atoms. The number of unbranched alkanes of at least 4 members (excludes halogenated alkanes) is 13. The largest absolute Gasteiger partial charge is 0.463 e. The zero-order chi connectivity index (χ0) is 34.6. The SMILES string of the molecule is CC(C)CCCCCCCCCCCCCCC(=O)OC[C@@H](O)COC(=O)CCC/C=C\C/C=C\C/C=C\C/C=C\CCC[C@@H](C)O. The second-order valence-corrected chi connectivity index (χ2v) is 13.5. The highest BCUT2D eigenvalue weighted by Crippen LogP contribution is 2.14. The molecule has 2 atom stereocenters. The maximum atomic E-state index is 11.9. The lowest BCUT2D eigenvalue weighted by molar-refractivity contribution is -0.152. The maximum Gasteiger partial charge on any atom is 0.305 e. The first-order valence-electron chi connectivity index (χ1n) is 19.1. The fourth-order valence-corrected chi connectivity index (χ4v) is 5.10. The van der Waals surface area contributed by atoms with E-state index >= 15 is 0 Å². The van der Waals surface area contributed by atoms with E-state index in [4.69, 9.17) is 9.47 Å². The lowest BCUT2D eigenvalue weighted by atomic mass is 10.0. The molecule has 0 amide bonds. The molecule has 2 N–H and O–H groups in total. The number of carbonyl (C=O) groups is 2. The van der Waals surface area contributed by atoms with Crippen molar-refractivity contribution >= 4 is 11.9 Å². The fourth-order valence-electron chi connectivity index (χ4n) is 5.10. The second-order valence-electron chi connectivity index (χ2n) is 13.5. The average Bonchev–Trinajstić information content (AvgIpc) is 3.04. The van der Waals surface area contributed by atoms with Crippen LogP contribution >= 0.6 is 0 Å². The van der Waals surface area contributed by atoms with E-state index in [-0.39, 0.29) is 31.3 Å². The molecule has 0 aromatic rings. The maximum absolute atomic E-state index is 11.9. The Bertz CT molecular complexity index is 826. The third-order valence-electron chi connectivity index (χ3n) is 8.01. The number of hydrogen-bond donors (Lipinski definition) is 2. The molecule has 0 aliphatic carbocycles. The third-order valence-corrected chi connectivity index (χ3v) is 8.01. The molecule has 0 rings (SSSR count). The van der Waals surface area contributed by atoms with E-state index in [0.29, 0.717) is 19.3 Å². The molecule has 0 aliphatic heterocycles. The van der Waals surface area contributed by atoms with Gasteiger partial charge in [-0.15, -0.1) is 0 Å². The van der Waals surface area contributed by atoms with Crippen LogP contribution in [0.2, 0.25) is 0 Å². The number of aliphatic hydroxyl groups excluding tert-OH is 2. The molecule has 6 heteroatoms. The van der Waals surface area contributed by atoms with Crippen molar-refractivity contribution in [2.45, 2.75) is 181 Å². The number of carbonyl (C=O) groups excluding carboxylic acids is 2. The van der Waals surface area contributed by atoms with Gasteiger partial charge in [-0.1, -0.05) is 140 Å². The predicted molar refractivity (Wildman–Crippen MR) is 197 cm³/mol. The van der Waals surface area contributed by atoms with Crippen LogP contribution in [0.4, 0.5) is 0 Å². The molecule has 0 saturated carbocycles. The highest BCUT2D eigenvalue weighted by atomic mass is 16.6. The molecular formula is C41H72O6. The third kappa shape index (κ3) is 38.2. The average molecular weight is 661 g/mol. The van der Waals surface area contributed by atoms with Crippen LogP contribution in [0.25, 0.3) is 0 Å². The quantitative estimate of drug-likeness (QED) is 0.0413. The van der Waals surface area contributed by atoms with Gasteiger partial charge in [-0.25, -0.2) is 0 Å². The minimum Gasteiger partial charge on any atom is -0.463 e. The van der Waals surface area contributed by atoms with E-state index < -0.39 is 6.10 Å². The van der Waals surface area contributed by atoms with Crippen molar-refractivity contribution in [1.29, 1.82) is 0 Å². The Morgan fingerprint density at radius 1 is 0.489 bits per heavy atom. The molecule has 0 unspecified atom stereocenters. The summed E-state index contributed by atoms with van der Waals surface area (Å²) in [7, 11) is 0. The van der Waals surface area contributed by atoms with Gasteiger partial charge in [0.15, 0.2) is 0 Å². The van der Waals surface area contributed by atoms with Gasteiger partial charge in [-0.2, -0.15) is 0 Å². The van der Waals surface area contributed by atoms with Crippen molar-refractivity contribution in [2.24, 2.45) is 5.92 Å². The van der Waals surface area contributed by atoms with Crippen molar-refractivity contribution < 1.29 is 29.3 Å². The summed E-state index contributed by atoms with van der Waals surface area (Å²) in [6.45, 7) is 6.14. The lowest BCUT2D eigenvalue weighted by Gasteiger charge is -2.12. The summed E-state index contributed by atoms with van der Waals surface area (Å²) in [5, 5.41) is 19.2. The van der Waals surface area contributed by atoms with Crippen molar-refractivity contribution in [3.8, 4) is 0 Å². The van der Waals surface area contributed by atoms with Gasteiger partial charge >= 0.3 is 11.9 Å². The van der Waals surface area contributed by atoms with Crippen molar-refractivity contribution in [3.63, 3.8) is 0 Å². The second kappa shape index (κ2) is 35.1. The minimum atomic E-state index is -0.993. The van der Waals surface area contributed by atoms with Crippen LogP contribution in [0, 0.1) is 5.92 Å². The molecular weight excluding hydrogens is 588 g/mol. The van der Waals surface area contributed by atoms with Crippen LogP contribution in [0.3, 0.4) is 0 Å². The minimum absolute atomic E-state index is 0.140. The number of esters is 2. The normalized spacial score (nSPS) is 13.5.